The van der Waals surface area contributed by atoms with Crippen LogP contribution in [0.15, 0.2) is 0 Å². The van der Waals surface area contributed by atoms with Crippen LogP contribution in [-0.2, 0) is 8.85 Å². The summed E-state index contributed by atoms with van der Waals surface area (Å²) in [5, 5.41) is 0. The molecule has 0 amide bonds. The first kappa shape index (κ1) is 14.1. The summed E-state index contributed by atoms with van der Waals surface area (Å²) < 4.78 is 12.1. The van der Waals surface area contributed by atoms with E-state index in [1.54, 1.807) is 0 Å². The van der Waals surface area contributed by atoms with Crippen LogP contribution in [0.25, 0.3) is 0 Å². The molecule has 14 heavy (non-hydrogen) atoms. The summed E-state index contributed by atoms with van der Waals surface area (Å²) in [7, 11) is -1.90. The van der Waals surface area contributed by atoms with E-state index in [1.807, 2.05) is 0 Å². The third-order valence-corrected chi connectivity index (χ3v) is 6.21. The summed E-state index contributed by atoms with van der Waals surface area (Å²) in [4.78, 5) is 0. The van der Waals surface area contributed by atoms with Crippen molar-refractivity contribution in [2.45, 2.75) is 72.3 Å². The Kier molecular flexibility index (Phi) is 6.65. The molecule has 0 aromatic carbocycles. The second kappa shape index (κ2) is 6.59. The molecule has 3 heteroatoms. The molecule has 0 aromatic heterocycles. The van der Waals surface area contributed by atoms with Gasteiger partial charge >= 0.3 is 8.56 Å². The third-order valence-electron chi connectivity index (χ3n) is 2.07. The van der Waals surface area contributed by atoms with E-state index >= 15 is 0 Å². The van der Waals surface area contributed by atoms with E-state index in [0.29, 0.717) is 0 Å². The van der Waals surface area contributed by atoms with Gasteiger partial charge in [-0.3, -0.25) is 0 Å². The Morgan fingerprint density at radius 2 is 1.36 bits per heavy atom. The maximum Gasteiger partial charge on any atom is 0.338 e. The molecule has 0 saturated carbocycles. The summed E-state index contributed by atoms with van der Waals surface area (Å²) in [6.07, 6.45) is 1.72. The topological polar surface area (TPSA) is 18.5 Å². The highest BCUT2D eigenvalue weighted by atomic mass is 28.4. The monoisotopic (exact) mass is 218 g/mol. The van der Waals surface area contributed by atoms with Gasteiger partial charge in [-0.15, -0.1) is 0 Å². The lowest BCUT2D eigenvalue weighted by Crippen LogP contribution is -2.45. The second-order valence-electron chi connectivity index (χ2n) is 4.35. The standard InChI is InChI=1S/C11H26O2Si/c1-7-9-14(8-2,12-10(3)4)13-11(5)6/h10-11H,7-9H2,1-6H3. The third kappa shape index (κ3) is 5.13. The molecule has 0 heterocycles. The van der Waals surface area contributed by atoms with Gasteiger partial charge < -0.3 is 8.85 Å². The van der Waals surface area contributed by atoms with Crippen molar-refractivity contribution < 1.29 is 8.85 Å². The molecule has 0 spiro atoms. The zero-order chi connectivity index (χ0) is 11.2. The zero-order valence-electron chi connectivity index (χ0n) is 10.6. The molecule has 0 bridgehead atoms. The molecule has 0 unspecified atom stereocenters. The predicted octanol–water partition coefficient (Wildman–Crippen LogP) is 3.71. The maximum absolute atomic E-state index is 6.06. The minimum Gasteiger partial charge on any atom is -0.392 e. The minimum atomic E-state index is -1.90. The average molecular weight is 218 g/mol. The highest BCUT2D eigenvalue weighted by molar-refractivity contribution is 6.67. The molecule has 2 nitrogen and oxygen atoms in total. The Hall–Kier alpha value is 0.137. The van der Waals surface area contributed by atoms with Gasteiger partial charge in [0.05, 0.1) is 0 Å². The molecule has 86 valence electrons. The first-order valence-electron chi connectivity index (χ1n) is 5.81. The molecule has 0 atom stereocenters. The zero-order valence-corrected chi connectivity index (χ0v) is 11.6. The lowest BCUT2D eigenvalue weighted by molar-refractivity contribution is 0.105. The Labute approximate surface area is 90.2 Å². The van der Waals surface area contributed by atoms with Crippen molar-refractivity contribution in [2.75, 3.05) is 0 Å². The lowest BCUT2D eigenvalue weighted by Gasteiger charge is -2.33. The smallest absolute Gasteiger partial charge is 0.338 e. The molecule has 0 saturated heterocycles. The highest BCUT2D eigenvalue weighted by Crippen LogP contribution is 2.24. The van der Waals surface area contributed by atoms with Crippen molar-refractivity contribution in [3.8, 4) is 0 Å². The van der Waals surface area contributed by atoms with E-state index in [2.05, 4.69) is 41.5 Å². The van der Waals surface area contributed by atoms with Gasteiger partial charge in [-0.2, -0.15) is 0 Å². The van der Waals surface area contributed by atoms with Gasteiger partial charge in [0.2, 0.25) is 0 Å². The Morgan fingerprint density at radius 3 is 1.57 bits per heavy atom. The van der Waals surface area contributed by atoms with Gasteiger partial charge in [-0.05, 0) is 39.8 Å². The Morgan fingerprint density at radius 1 is 0.929 bits per heavy atom. The molecular formula is C11H26O2Si. The van der Waals surface area contributed by atoms with Crippen molar-refractivity contribution in [1.82, 2.24) is 0 Å². The summed E-state index contributed by atoms with van der Waals surface area (Å²) in [6.45, 7) is 12.8. The first-order chi connectivity index (χ1) is 6.45. The van der Waals surface area contributed by atoms with Crippen LogP contribution >= 0.6 is 0 Å². The summed E-state index contributed by atoms with van der Waals surface area (Å²) in [6, 6.07) is 2.16. The van der Waals surface area contributed by atoms with Crippen molar-refractivity contribution in [1.29, 1.82) is 0 Å². The van der Waals surface area contributed by atoms with Gasteiger partial charge in [0, 0.05) is 12.2 Å². The normalized spacial score (nSPS) is 12.9. The van der Waals surface area contributed by atoms with Crippen LogP contribution in [-0.4, -0.2) is 20.8 Å². The minimum absolute atomic E-state index is 0.284. The van der Waals surface area contributed by atoms with Crippen molar-refractivity contribution in [3.05, 3.63) is 0 Å². The molecular weight excluding hydrogens is 192 g/mol. The van der Waals surface area contributed by atoms with Crippen LogP contribution in [0.5, 0.6) is 0 Å². The molecule has 0 fully saturated rings. The van der Waals surface area contributed by atoms with Crippen LogP contribution in [0.2, 0.25) is 12.1 Å². The summed E-state index contributed by atoms with van der Waals surface area (Å²) in [5.41, 5.74) is 0. The van der Waals surface area contributed by atoms with Gasteiger partial charge in [-0.25, -0.2) is 0 Å². The first-order valence-corrected chi connectivity index (χ1v) is 8.04. The summed E-state index contributed by atoms with van der Waals surface area (Å²) >= 11 is 0. The van der Waals surface area contributed by atoms with Gasteiger partial charge in [0.15, 0.2) is 0 Å². The number of hydrogen-bond acceptors (Lipinski definition) is 2. The fourth-order valence-electron chi connectivity index (χ4n) is 1.73. The molecule has 0 aliphatic heterocycles. The van der Waals surface area contributed by atoms with E-state index < -0.39 is 8.56 Å². The molecule has 0 aliphatic carbocycles. The molecule has 0 aromatic rings. The van der Waals surface area contributed by atoms with E-state index in [9.17, 15) is 0 Å². The van der Waals surface area contributed by atoms with Crippen LogP contribution < -0.4 is 0 Å². The number of hydrogen-bond donors (Lipinski definition) is 0. The fraction of sp³-hybridized carbons (Fsp3) is 1.00. The predicted molar refractivity (Wildman–Crippen MR) is 63.8 cm³/mol. The highest BCUT2D eigenvalue weighted by Gasteiger charge is 2.36. The van der Waals surface area contributed by atoms with E-state index in [1.165, 1.54) is 0 Å². The fourth-order valence-corrected chi connectivity index (χ4v) is 5.19. The molecule has 0 aliphatic rings. The quantitative estimate of drug-likeness (QED) is 0.607. The maximum atomic E-state index is 6.06. The largest absolute Gasteiger partial charge is 0.392 e. The summed E-state index contributed by atoms with van der Waals surface area (Å²) in [5.74, 6) is 0. The van der Waals surface area contributed by atoms with Gasteiger partial charge in [-0.1, -0.05) is 20.3 Å². The van der Waals surface area contributed by atoms with Crippen LogP contribution in [0, 0.1) is 0 Å². The van der Waals surface area contributed by atoms with Gasteiger partial charge in [0.1, 0.15) is 0 Å². The Balaban J connectivity index is 4.42. The van der Waals surface area contributed by atoms with E-state index in [-0.39, 0.29) is 12.2 Å². The van der Waals surface area contributed by atoms with Crippen molar-refractivity contribution in [2.24, 2.45) is 0 Å². The SMILES string of the molecule is CCC[Si](CC)(OC(C)C)OC(C)C. The van der Waals surface area contributed by atoms with Crippen LogP contribution in [0.4, 0.5) is 0 Å². The van der Waals surface area contributed by atoms with Crippen molar-refractivity contribution in [3.63, 3.8) is 0 Å². The van der Waals surface area contributed by atoms with E-state index in [0.717, 1.165) is 18.5 Å². The van der Waals surface area contributed by atoms with Gasteiger partial charge in [0.25, 0.3) is 0 Å². The second-order valence-corrected chi connectivity index (χ2v) is 7.85. The molecule has 0 radical (unpaired) electrons. The molecule has 0 rings (SSSR count). The lowest BCUT2D eigenvalue weighted by atomic mass is 10.5. The Bertz CT molecular complexity index is 136. The van der Waals surface area contributed by atoms with E-state index in [4.69, 9.17) is 8.85 Å². The van der Waals surface area contributed by atoms with Crippen molar-refractivity contribution >= 4 is 8.56 Å². The number of rotatable bonds is 7. The average Bonchev–Trinajstić information content (AvgIpc) is 2.02. The van der Waals surface area contributed by atoms with Crippen LogP contribution in [0.3, 0.4) is 0 Å². The molecule has 0 N–H and O–H groups in total. The van der Waals surface area contributed by atoms with Crippen LogP contribution in [0.1, 0.15) is 48.0 Å².